The molecule has 6 heteroatoms. The molecule has 0 unspecified atom stereocenters. The molecule has 0 spiro atoms. The molecule has 0 aliphatic rings. The normalized spacial score (nSPS) is 10.3. The highest BCUT2D eigenvalue weighted by Gasteiger charge is 2.05. The Kier molecular flexibility index (Phi) is 5.99. The van der Waals surface area contributed by atoms with Crippen LogP contribution in [0.5, 0.6) is 5.75 Å². The first-order valence-electron chi connectivity index (χ1n) is 8.75. The average Bonchev–Trinajstić information content (AvgIpc) is 2.62. The van der Waals surface area contributed by atoms with Gasteiger partial charge in [-0.3, -0.25) is 4.79 Å². The molecule has 3 rings (SSSR count). The number of aromatic nitrogens is 2. The molecule has 0 aliphatic heterocycles. The molecule has 1 aromatic heterocycles. The number of aryl methyl sites for hydroxylation is 2. The van der Waals surface area contributed by atoms with Crippen molar-refractivity contribution >= 4 is 23.2 Å². The van der Waals surface area contributed by atoms with E-state index in [-0.39, 0.29) is 12.3 Å². The lowest BCUT2D eigenvalue weighted by atomic mass is 10.2. The second-order valence-corrected chi connectivity index (χ2v) is 6.14. The van der Waals surface area contributed by atoms with Gasteiger partial charge in [-0.1, -0.05) is 24.3 Å². The molecule has 0 atom stereocenters. The standard InChI is InChI=1S/C21H22N4O2/c1-15-13-16(2)23-21(22-15)25-18-8-6-7-17(14-18)24-20(26)11-12-27-19-9-4-3-5-10-19/h3-10,13-14H,11-12H2,1-2H3,(H,24,26)(H,22,23,25). The van der Waals surface area contributed by atoms with Crippen molar-refractivity contribution in [3.05, 3.63) is 72.1 Å². The van der Waals surface area contributed by atoms with Crippen molar-refractivity contribution in [3.63, 3.8) is 0 Å². The maximum absolute atomic E-state index is 12.1. The van der Waals surface area contributed by atoms with Gasteiger partial charge < -0.3 is 15.4 Å². The average molecular weight is 362 g/mol. The molecule has 0 saturated heterocycles. The molecular weight excluding hydrogens is 340 g/mol. The van der Waals surface area contributed by atoms with E-state index in [4.69, 9.17) is 4.74 Å². The molecule has 138 valence electrons. The highest BCUT2D eigenvalue weighted by atomic mass is 16.5. The number of carbonyl (C=O) groups excluding carboxylic acids is 1. The van der Waals surface area contributed by atoms with E-state index in [1.54, 1.807) is 0 Å². The lowest BCUT2D eigenvalue weighted by Gasteiger charge is -2.10. The molecule has 0 fully saturated rings. The first-order valence-corrected chi connectivity index (χ1v) is 8.75. The minimum Gasteiger partial charge on any atom is -0.493 e. The summed E-state index contributed by atoms with van der Waals surface area (Å²) in [6.07, 6.45) is 0.271. The number of anilines is 3. The molecule has 0 saturated carbocycles. The van der Waals surface area contributed by atoms with E-state index in [1.165, 1.54) is 0 Å². The summed E-state index contributed by atoms with van der Waals surface area (Å²) in [6.45, 7) is 4.17. The van der Waals surface area contributed by atoms with E-state index in [2.05, 4.69) is 20.6 Å². The topological polar surface area (TPSA) is 76.1 Å². The number of hydrogen-bond acceptors (Lipinski definition) is 5. The van der Waals surface area contributed by atoms with E-state index in [0.717, 1.165) is 22.8 Å². The van der Waals surface area contributed by atoms with Crippen LogP contribution in [0.25, 0.3) is 0 Å². The quantitative estimate of drug-likeness (QED) is 0.657. The second kappa shape index (κ2) is 8.80. The van der Waals surface area contributed by atoms with Crippen molar-refractivity contribution in [2.75, 3.05) is 17.2 Å². The maximum Gasteiger partial charge on any atom is 0.227 e. The fourth-order valence-electron chi connectivity index (χ4n) is 2.59. The molecule has 6 nitrogen and oxygen atoms in total. The highest BCUT2D eigenvalue weighted by molar-refractivity contribution is 5.91. The number of amides is 1. The summed E-state index contributed by atoms with van der Waals surface area (Å²) < 4.78 is 5.55. The van der Waals surface area contributed by atoms with Crippen LogP contribution in [0.1, 0.15) is 17.8 Å². The predicted octanol–water partition coefficient (Wildman–Crippen LogP) is 4.24. The number of nitrogens with one attached hydrogen (secondary N) is 2. The van der Waals surface area contributed by atoms with Gasteiger partial charge in [0.15, 0.2) is 0 Å². The van der Waals surface area contributed by atoms with Gasteiger partial charge in [0.2, 0.25) is 11.9 Å². The Morgan fingerprint density at radius 2 is 1.63 bits per heavy atom. The van der Waals surface area contributed by atoms with E-state index in [9.17, 15) is 4.79 Å². The Hall–Kier alpha value is -3.41. The zero-order chi connectivity index (χ0) is 19.1. The number of benzene rings is 2. The Balaban J connectivity index is 1.54. The van der Waals surface area contributed by atoms with Gasteiger partial charge in [-0.05, 0) is 50.2 Å². The summed E-state index contributed by atoms with van der Waals surface area (Å²) in [4.78, 5) is 20.9. The van der Waals surface area contributed by atoms with Gasteiger partial charge in [0, 0.05) is 22.8 Å². The lowest BCUT2D eigenvalue weighted by Crippen LogP contribution is -2.15. The number of carbonyl (C=O) groups is 1. The third kappa shape index (κ3) is 5.81. The summed E-state index contributed by atoms with van der Waals surface area (Å²) in [7, 11) is 0. The molecule has 0 radical (unpaired) electrons. The first kappa shape index (κ1) is 18.4. The van der Waals surface area contributed by atoms with Crippen LogP contribution in [0, 0.1) is 13.8 Å². The maximum atomic E-state index is 12.1. The van der Waals surface area contributed by atoms with Crippen molar-refractivity contribution in [1.82, 2.24) is 9.97 Å². The van der Waals surface area contributed by atoms with Crippen molar-refractivity contribution in [2.45, 2.75) is 20.3 Å². The van der Waals surface area contributed by atoms with E-state index in [1.807, 2.05) is 74.5 Å². The van der Waals surface area contributed by atoms with Crippen molar-refractivity contribution in [2.24, 2.45) is 0 Å². The van der Waals surface area contributed by atoms with Gasteiger partial charge in [-0.15, -0.1) is 0 Å². The van der Waals surface area contributed by atoms with Gasteiger partial charge in [0.1, 0.15) is 5.75 Å². The molecule has 3 aromatic rings. The van der Waals surface area contributed by atoms with Crippen LogP contribution in [0.4, 0.5) is 17.3 Å². The second-order valence-electron chi connectivity index (χ2n) is 6.14. The third-order valence-electron chi connectivity index (χ3n) is 3.73. The SMILES string of the molecule is Cc1cc(C)nc(Nc2cccc(NC(=O)CCOc3ccccc3)c2)n1. The number of para-hydroxylation sites is 1. The van der Waals surface area contributed by atoms with Gasteiger partial charge in [-0.2, -0.15) is 0 Å². The summed E-state index contributed by atoms with van der Waals surface area (Å²) in [6, 6.07) is 18.8. The number of nitrogens with zero attached hydrogens (tertiary/aromatic N) is 2. The largest absolute Gasteiger partial charge is 0.493 e. The van der Waals surface area contributed by atoms with E-state index in [0.29, 0.717) is 18.2 Å². The van der Waals surface area contributed by atoms with Crippen LogP contribution < -0.4 is 15.4 Å². The first-order chi connectivity index (χ1) is 13.1. The Labute approximate surface area is 158 Å². The van der Waals surface area contributed by atoms with Gasteiger partial charge in [0.25, 0.3) is 0 Å². The van der Waals surface area contributed by atoms with Crippen LogP contribution in [0.2, 0.25) is 0 Å². The number of rotatable bonds is 7. The smallest absolute Gasteiger partial charge is 0.227 e. The lowest BCUT2D eigenvalue weighted by molar-refractivity contribution is -0.116. The van der Waals surface area contributed by atoms with Crippen molar-refractivity contribution in [3.8, 4) is 5.75 Å². The summed E-state index contributed by atoms with van der Waals surface area (Å²) in [5, 5.41) is 6.04. The third-order valence-corrected chi connectivity index (χ3v) is 3.73. The molecule has 2 N–H and O–H groups in total. The van der Waals surface area contributed by atoms with Crippen molar-refractivity contribution < 1.29 is 9.53 Å². The molecule has 0 bridgehead atoms. The fourth-order valence-corrected chi connectivity index (χ4v) is 2.59. The van der Waals surface area contributed by atoms with E-state index >= 15 is 0 Å². The minimum absolute atomic E-state index is 0.106. The molecule has 27 heavy (non-hydrogen) atoms. The van der Waals surface area contributed by atoms with Crippen LogP contribution in [-0.2, 0) is 4.79 Å². The van der Waals surface area contributed by atoms with Crippen LogP contribution in [0.3, 0.4) is 0 Å². The molecule has 2 aromatic carbocycles. The summed E-state index contributed by atoms with van der Waals surface area (Å²) >= 11 is 0. The number of hydrogen-bond donors (Lipinski definition) is 2. The van der Waals surface area contributed by atoms with E-state index < -0.39 is 0 Å². The molecule has 1 amide bonds. The summed E-state index contributed by atoms with van der Waals surface area (Å²) in [5.74, 6) is 1.18. The molecular formula is C21H22N4O2. The van der Waals surface area contributed by atoms with Crippen LogP contribution in [0.15, 0.2) is 60.7 Å². The van der Waals surface area contributed by atoms with Crippen LogP contribution >= 0.6 is 0 Å². The predicted molar refractivity (Wildman–Crippen MR) is 106 cm³/mol. The Bertz CT molecular complexity index is 893. The Morgan fingerprint density at radius 3 is 2.37 bits per heavy atom. The van der Waals surface area contributed by atoms with Gasteiger partial charge in [-0.25, -0.2) is 9.97 Å². The minimum atomic E-state index is -0.106. The van der Waals surface area contributed by atoms with Crippen LogP contribution in [-0.4, -0.2) is 22.5 Å². The monoisotopic (exact) mass is 362 g/mol. The summed E-state index contributed by atoms with van der Waals surface area (Å²) in [5.41, 5.74) is 3.30. The fraction of sp³-hybridized carbons (Fsp3) is 0.190. The highest BCUT2D eigenvalue weighted by Crippen LogP contribution is 2.19. The zero-order valence-electron chi connectivity index (χ0n) is 15.4. The zero-order valence-corrected chi connectivity index (χ0v) is 15.4. The van der Waals surface area contributed by atoms with Gasteiger partial charge in [0.05, 0.1) is 13.0 Å². The molecule has 0 aliphatic carbocycles. The Morgan fingerprint density at radius 1 is 0.926 bits per heavy atom. The van der Waals surface area contributed by atoms with Gasteiger partial charge >= 0.3 is 0 Å². The number of ether oxygens (including phenoxy) is 1. The van der Waals surface area contributed by atoms with Crippen molar-refractivity contribution in [1.29, 1.82) is 0 Å². The molecule has 1 heterocycles.